The van der Waals surface area contributed by atoms with Gasteiger partial charge in [-0.15, -0.1) is 0 Å². The Morgan fingerprint density at radius 3 is 2.36 bits per heavy atom. The third kappa shape index (κ3) is 5.08. The number of carbonyl (C=O) groups is 3. The standard InChI is InChI=1S/C15H19NO6/c1-9(17)16-13(15(19)21-4)7-11-5-6-12(22-10(2)18)8-14(11)20-3/h5-6,8,13H,7H2,1-4H3,(H,16,17)/t13-/m1/s1. The number of methoxy groups -OCH3 is 2. The first-order valence-electron chi connectivity index (χ1n) is 6.57. The second kappa shape index (κ2) is 8.02. The minimum Gasteiger partial charge on any atom is -0.496 e. The molecule has 1 amide bonds. The summed E-state index contributed by atoms with van der Waals surface area (Å²) >= 11 is 0. The highest BCUT2D eigenvalue weighted by Crippen LogP contribution is 2.26. The molecule has 7 nitrogen and oxygen atoms in total. The molecule has 1 rings (SSSR count). The van der Waals surface area contributed by atoms with E-state index in [0.29, 0.717) is 17.1 Å². The molecule has 0 saturated heterocycles. The van der Waals surface area contributed by atoms with Gasteiger partial charge in [-0.05, 0) is 11.6 Å². The molecule has 1 atom stereocenters. The van der Waals surface area contributed by atoms with Crippen molar-refractivity contribution >= 4 is 17.8 Å². The molecule has 0 aliphatic heterocycles. The summed E-state index contributed by atoms with van der Waals surface area (Å²) in [6, 6.07) is 3.96. The van der Waals surface area contributed by atoms with Crippen LogP contribution in [0.1, 0.15) is 19.4 Å². The zero-order chi connectivity index (χ0) is 16.7. The second-order valence-electron chi connectivity index (χ2n) is 4.55. The molecule has 22 heavy (non-hydrogen) atoms. The van der Waals surface area contributed by atoms with E-state index < -0.39 is 18.0 Å². The van der Waals surface area contributed by atoms with E-state index in [2.05, 4.69) is 10.1 Å². The summed E-state index contributed by atoms with van der Waals surface area (Å²) in [6.07, 6.45) is 0.190. The number of nitrogens with one attached hydrogen (secondary N) is 1. The van der Waals surface area contributed by atoms with Gasteiger partial charge in [0.2, 0.25) is 5.91 Å². The van der Waals surface area contributed by atoms with E-state index >= 15 is 0 Å². The monoisotopic (exact) mass is 309 g/mol. The minimum absolute atomic E-state index is 0.190. The van der Waals surface area contributed by atoms with Crippen molar-refractivity contribution in [1.82, 2.24) is 5.32 Å². The number of benzene rings is 1. The molecule has 120 valence electrons. The fraction of sp³-hybridized carbons (Fsp3) is 0.400. The maximum absolute atomic E-state index is 11.7. The third-order valence-corrected chi connectivity index (χ3v) is 2.81. The van der Waals surface area contributed by atoms with Gasteiger partial charge in [0.15, 0.2) is 0 Å². The van der Waals surface area contributed by atoms with Crippen LogP contribution in [0, 0.1) is 0 Å². The van der Waals surface area contributed by atoms with Gasteiger partial charge in [0.05, 0.1) is 14.2 Å². The normalized spacial score (nSPS) is 11.3. The fourth-order valence-electron chi connectivity index (χ4n) is 1.92. The van der Waals surface area contributed by atoms with Crippen molar-refractivity contribution in [3.8, 4) is 11.5 Å². The maximum atomic E-state index is 11.7. The summed E-state index contributed by atoms with van der Waals surface area (Å²) in [5.41, 5.74) is 0.669. The Bertz CT molecular complexity index is 569. The molecule has 0 saturated carbocycles. The maximum Gasteiger partial charge on any atom is 0.328 e. The summed E-state index contributed by atoms with van der Waals surface area (Å²) in [5, 5.41) is 2.52. The van der Waals surface area contributed by atoms with Gasteiger partial charge >= 0.3 is 11.9 Å². The van der Waals surface area contributed by atoms with E-state index in [1.54, 1.807) is 18.2 Å². The van der Waals surface area contributed by atoms with E-state index in [-0.39, 0.29) is 12.3 Å². The van der Waals surface area contributed by atoms with Crippen LogP contribution in [0.5, 0.6) is 11.5 Å². The lowest BCUT2D eigenvalue weighted by atomic mass is 10.0. The van der Waals surface area contributed by atoms with Gasteiger partial charge in [0.25, 0.3) is 0 Å². The molecule has 0 heterocycles. The summed E-state index contributed by atoms with van der Waals surface area (Å²) in [7, 11) is 2.71. The number of ether oxygens (including phenoxy) is 3. The van der Waals surface area contributed by atoms with Crippen molar-refractivity contribution in [2.75, 3.05) is 14.2 Å². The Hall–Kier alpha value is -2.57. The highest BCUT2D eigenvalue weighted by Gasteiger charge is 2.22. The molecular formula is C15H19NO6. The van der Waals surface area contributed by atoms with Crippen LogP contribution in [-0.2, 0) is 25.5 Å². The average molecular weight is 309 g/mol. The third-order valence-electron chi connectivity index (χ3n) is 2.81. The van der Waals surface area contributed by atoms with Crippen LogP contribution in [0.3, 0.4) is 0 Å². The van der Waals surface area contributed by atoms with E-state index in [9.17, 15) is 14.4 Å². The number of hydrogen-bond donors (Lipinski definition) is 1. The molecule has 0 fully saturated rings. The van der Waals surface area contributed by atoms with Crippen molar-refractivity contribution < 1.29 is 28.6 Å². The molecule has 1 aromatic rings. The summed E-state index contributed by atoms with van der Waals surface area (Å²) < 4.78 is 14.9. The first-order valence-corrected chi connectivity index (χ1v) is 6.57. The highest BCUT2D eigenvalue weighted by molar-refractivity contribution is 5.83. The number of esters is 2. The van der Waals surface area contributed by atoms with Gasteiger partial charge < -0.3 is 19.5 Å². The predicted molar refractivity (Wildman–Crippen MR) is 77.6 cm³/mol. The first kappa shape index (κ1) is 17.5. The molecule has 7 heteroatoms. The Morgan fingerprint density at radius 1 is 1.18 bits per heavy atom. The van der Waals surface area contributed by atoms with E-state index in [0.717, 1.165) is 0 Å². The van der Waals surface area contributed by atoms with Crippen LogP contribution >= 0.6 is 0 Å². The first-order chi connectivity index (χ1) is 10.4. The van der Waals surface area contributed by atoms with Gasteiger partial charge in [-0.2, -0.15) is 0 Å². The Morgan fingerprint density at radius 2 is 1.86 bits per heavy atom. The molecule has 1 aromatic carbocycles. The van der Waals surface area contributed by atoms with Gasteiger partial charge in [-0.1, -0.05) is 6.07 Å². The largest absolute Gasteiger partial charge is 0.496 e. The lowest BCUT2D eigenvalue weighted by Crippen LogP contribution is -2.42. The van der Waals surface area contributed by atoms with Crippen molar-refractivity contribution in [2.24, 2.45) is 0 Å². The SMILES string of the molecule is COC(=O)[C@@H](Cc1ccc(OC(C)=O)cc1OC)NC(C)=O. The van der Waals surface area contributed by atoms with E-state index in [4.69, 9.17) is 9.47 Å². The molecule has 1 N–H and O–H groups in total. The quantitative estimate of drug-likeness (QED) is 0.618. The Balaban J connectivity index is 3.00. The lowest BCUT2D eigenvalue weighted by molar-refractivity contribution is -0.144. The van der Waals surface area contributed by atoms with Crippen molar-refractivity contribution in [3.63, 3.8) is 0 Å². The molecule has 0 bridgehead atoms. The van der Waals surface area contributed by atoms with Gasteiger partial charge in [-0.3, -0.25) is 9.59 Å². The summed E-state index contributed by atoms with van der Waals surface area (Å²) in [6.45, 7) is 2.61. The van der Waals surface area contributed by atoms with Crippen LogP contribution in [0.4, 0.5) is 0 Å². The zero-order valence-corrected chi connectivity index (χ0v) is 13.0. The highest BCUT2D eigenvalue weighted by atomic mass is 16.5. The van der Waals surface area contributed by atoms with E-state index in [1.807, 2.05) is 0 Å². The van der Waals surface area contributed by atoms with Crippen molar-refractivity contribution in [3.05, 3.63) is 23.8 Å². The smallest absolute Gasteiger partial charge is 0.328 e. The van der Waals surface area contributed by atoms with Crippen molar-refractivity contribution in [1.29, 1.82) is 0 Å². The molecule has 0 radical (unpaired) electrons. The lowest BCUT2D eigenvalue weighted by Gasteiger charge is -2.17. The molecule has 0 aliphatic rings. The van der Waals surface area contributed by atoms with Crippen LogP contribution in [0.2, 0.25) is 0 Å². The van der Waals surface area contributed by atoms with Gasteiger partial charge in [0.1, 0.15) is 17.5 Å². The number of rotatable bonds is 6. The van der Waals surface area contributed by atoms with Crippen LogP contribution in [-0.4, -0.2) is 38.1 Å². The van der Waals surface area contributed by atoms with Gasteiger partial charge in [0, 0.05) is 26.3 Å². The van der Waals surface area contributed by atoms with Crippen molar-refractivity contribution in [2.45, 2.75) is 26.3 Å². The number of amides is 1. The summed E-state index contributed by atoms with van der Waals surface area (Å²) in [5.74, 6) is -0.562. The van der Waals surface area contributed by atoms with Crippen LogP contribution < -0.4 is 14.8 Å². The van der Waals surface area contributed by atoms with Gasteiger partial charge in [-0.25, -0.2) is 4.79 Å². The minimum atomic E-state index is -0.823. The molecule has 0 unspecified atom stereocenters. The van der Waals surface area contributed by atoms with Crippen LogP contribution in [0.25, 0.3) is 0 Å². The molecule has 0 aliphatic carbocycles. The molecule has 0 aromatic heterocycles. The predicted octanol–water partition coefficient (Wildman–Crippen LogP) is 0.841. The Labute approximate surface area is 128 Å². The molecule has 0 spiro atoms. The van der Waals surface area contributed by atoms with Crippen LogP contribution in [0.15, 0.2) is 18.2 Å². The Kier molecular flexibility index (Phi) is 6.37. The topological polar surface area (TPSA) is 90.9 Å². The summed E-state index contributed by atoms with van der Waals surface area (Å²) in [4.78, 5) is 33.9. The zero-order valence-electron chi connectivity index (χ0n) is 13.0. The molecular weight excluding hydrogens is 290 g/mol. The van der Waals surface area contributed by atoms with E-state index in [1.165, 1.54) is 28.1 Å². The fourth-order valence-corrected chi connectivity index (χ4v) is 1.92. The number of carbonyl (C=O) groups excluding carboxylic acids is 3. The second-order valence-corrected chi connectivity index (χ2v) is 4.55. The average Bonchev–Trinajstić information content (AvgIpc) is 2.46. The number of hydrogen-bond acceptors (Lipinski definition) is 6.